The molecule has 0 atom stereocenters. The number of carbonyl (C=O) groups is 1. The predicted molar refractivity (Wildman–Crippen MR) is 115 cm³/mol. The van der Waals surface area contributed by atoms with Gasteiger partial charge in [0.25, 0.3) is 5.56 Å². The number of hydrogen-bond donors (Lipinski definition) is 1. The molecule has 0 spiro atoms. The number of carbonyl (C=O) groups excluding carboxylic acids is 1. The second-order valence-corrected chi connectivity index (χ2v) is 7.02. The lowest BCUT2D eigenvalue weighted by Crippen LogP contribution is -2.41. The van der Waals surface area contributed by atoms with Crippen LogP contribution in [0.1, 0.15) is 28.7 Å². The molecule has 0 bridgehead atoms. The van der Waals surface area contributed by atoms with Crippen LogP contribution in [-0.2, 0) is 13.1 Å². The molecule has 4 aromatic rings. The number of rotatable bonds is 6. The van der Waals surface area contributed by atoms with Crippen LogP contribution in [0.3, 0.4) is 0 Å². The van der Waals surface area contributed by atoms with E-state index in [9.17, 15) is 14.4 Å². The van der Waals surface area contributed by atoms with E-state index in [1.165, 1.54) is 0 Å². The van der Waals surface area contributed by atoms with Gasteiger partial charge >= 0.3 is 17.5 Å². The topological polar surface area (TPSA) is 125 Å². The predicted octanol–water partition coefficient (Wildman–Crippen LogP) is 1.70. The lowest BCUT2D eigenvalue weighted by atomic mass is 10.2. The largest absolute Gasteiger partial charge is 0.352 e. The highest BCUT2D eigenvalue weighted by Gasteiger charge is 2.22. The number of hydrogen-bond acceptors (Lipinski definition) is 7. The van der Waals surface area contributed by atoms with E-state index in [-0.39, 0.29) is 30.5 Å². The first-order valence-corrected chi connectivity index (χ1v) is 9.95. The molecule has 32 heavy (non-hydrogen) atoms. The third kappa shape index (κ3) is 4.10. The molecule has 0 radical (unpaired) electrons. The number of nitrogens with zero attached hydrogens (tertiary/aromatic N) is 5. The van der Waals surface area contributed by atoms with Gasteiger partial charge in [0.15, 0.2) is 5.69 Å². The summed E-state index contributed by atoms with van der Waals surface area (Å²) in [6, 6.07) is 16.4. The molecule has 10 nitrogen and oxygen atoms in total. The Kier molecular flexibility index (Phi) is 5.75. The number of aromatic nitrogens is 5. The molecule has 2 aromatic heterocycles. The van der Waals surface area contributed by atoms with Gasteiger partial charge in [-0.2, -0.15) is 14.8 Å². The summed E-state index contributed by atoms with van der Waals surface area (Å²) < 4.78 is 7.16. The minimum atomic E-state index is -0.669. The molecule has 1 N–H and O–H groups in total. The van der Waals surface area contributed by atoms with Gasteiger partial charge in [-0.25, -0.2) is 4.79 Å². The van der Waals surface area contributed by atoms with Gasteiger partial charge in [-0.15, -0.1) is 0 Å². The summed E-state index contributed by atoms with van der Waals surface area (Å²) in [7, 11) is 0. The molecule has 0 aliphatic heterocycles. The first kappa shape index (κ1) is 20.9. The number of aryl methyl sites for hydroxylation is 1. The fourth-order valence-electron chi connectivity index (χ4n) is 3.05. The molecule has 2 heterocycles. The summed E-state index contributed by atoms with van der Waals surface area (Å²) >= 11 is 0. The Balaban J connectivity index is 1.68. The minimum absolute atomic E-state index is 0.126. The van der Waals surface area contributed by atoms with Crippen molar-refractivity contribution in [2.24, 2.45) is 0 Å². The second kappa shape index (κ2) is 8.80. The van der Waals surface area contributed by atoms with E-state index >= 15 is 0 Å². The third-order valence-electron chi connectivity index (χ3n) is 4.78. The highest BCUT2D eigenvalue weighted by atomic mass is 16.5. The van der Waals surface area contributed by atoms with E-state index in [1.807, 2.05) is 49.4 Å². The van der Waals surface area contributed by atoms with Gasteiger partial charge in [0.05, 0.1) is 5.69 Å². The fraction of sp³-hybridized carbons (Fsp3) is 0.182. The standard InChI is InChI=1S/C22H20N6O4/c1-3-27-21(30)17(25-28(22(27)31)16-11-9-14(2)10-12-16)18-24-20(32-26-18)19(29)23-13-15-7-5-4-6-8-15/h4-12H,3,13H2,1-2H3,(H,23,29). The van der Waals surface area contributed by atoms with Crippen molar-refractivity contribution in [3.8, 4) is 17.2 Å². The molecule has 4 rings (SSSR count). The van der Waals surface area contributed by atoms with Crippen LogP contribution < -0.4 is 16.6 Å². The van der Waals surface area contributed by atoms with Crippen LogP contribution >= 0.6 is 0 Å². The lowest BCUT2D eigenvalue weighted by molar-refractivity contribution is 0.0907. The third-order valence-corrected chi connectivity index (χ3v) is 4.78. The molecule has 10 heteroatoms. The summed E-state index contributed by atoms with van der Waals surface area (Å²) in [6.45, 7) is 3.99. The van der Waals surface area contributed by atoms with Crippen molar-refractivity contribution in [3.05, 3.63) is 92.5 Å². The van der Waals surface area contributed by atoms with Crippen molar-refractivity contribution in [3.63, 3.8) is 0 Å². The molecular formula is C22H20N6O4. The number of benzene rings is 2. The van der Waals surface area contributed by atoms with Crippen molar-refractivity contribution >= 4 is 5.91 Å². The van der Waals surface area contributed by atoms with E-state index in [1.54, 1.807) is 19.1 Å². The van der Waals surface area contributed by atoms with Crippen molar-refractivity contribution in [1.29, 1.82) is 0 Å². The molecule has 162 valence electrons. The first-order chi connectivity index (χ1) is 15.5. The van der Waals surface area contributed by atoms with Gasteiger partial charge < -0.3 is 9.84 Å². The van der Waals surface area contributed by atoms with Crippen molar-refractivity contribution in [1.82, 2.24) is 29.8 Å². The summed E-state index contributed by atoms with van der Waals surface area (Å²) in [5.74, 6) is -1.08. The van der Waals surface area contributed by atoms with Crippen LogP contribution in [-0.4, -0.2) is 30.4 Å². The smallest absolute Gasteiger partial charge is 0.344 e. The highest BCUT2D eigenvalue weighted by Crippen LogP contribution is 2.11. The molecule has 0 unspecified atom stereocenters. The molecule has 1 amide bonds. The van der Waals surface area contributed by atoms with Crippen LogP contribution in [0.5, 0.6) is 0 Å². The zero-order chi connectivity index (χ0) is 22.7. The fourth-order valence-corrected chi connectivity index (χ4v) is 3.05. The van der Waals surface area contributed by atoms with E-state index < -0.39 is 17.2 Å². The van der Waals surface area contributed by atoms with Gasteiger partial charge in [0, 0.05) is 13.1 Å². The molecular weight excluding hydrogens is 412 g/mol. The van der Waals surface area contributed by atoms with Gasteiger partial charge in [0.1, 0.15) is 0 Å². The summed E-state index contributed by atoms with van der Waals surface area (Å²) in [4.78, 5) is 42.0. The normalized spacial score (nSPS) is 10.8. The minimum Gasteiger partial charge on any atom is -0.344 e. The zero-order valence-electron chi connectivity index (χ0n) is 17.5. The van der Waals surface area contributed by atoms with E-state index in [2.05, 4.69) is 20.6 Å². The van der Waals surface area contributed by atoms with E-state index in [4.69, 9.17) is 4.52 Å². The van der Waals surface area contributed by atoms with Crippen LogP contribution in [0, 0.1) is 6.92 Å². The van der Waals surface area contributed by atoms with Crippen LogP contribution in [0.4, 0.5) is 0 Å². The monoisotopic (exact) mass is 432 g/mol. The second-order valence-electron chi connectivity index (χ2n) is 7.02. The Hall–Kier alpha value is -4.34. The van der Waals surface area contributed by atoms with Gasteiger partial charge in [-0.3, -0.25) is 14.2 Å². The molecule has 0 saturated carbocycles. The lowest BCUT2D eigenvalue weighted by Gasteiger charge is -2.09. The Bertz CT molecular complexity index is 1370. The molecule has 2 aromatic carbocycles. The van der Waals surface area contributed by atoms with Gasteiger partial charge in [-0.1, -0.05) is 53.2 Å². The number of amides is 1. The summed E-state index contributed by atoms with van der Waals surface area (Å²) in [5.41, 5.74) is 0.937. The maximum Gasteiger partial charge on any atom is 0.352 e. The molecule has 0 fully saturated rings. The Morgan fingerprint density at radius 3 is 2.47 bits per heavy atom. The maximum atomic E-state index is 12.8. The van der Waals surface area contributed by atoms with Crippen LogP contribution in [0.2, 0.25) is 0 Å². The van der Waals surface area contributed by atoms with Gasteiger partial charge in [-0.05, 0) is 31.5 Å². The summed E-state index contributed by atoms with van der Waals surface area (Å²) in [5, 5.41) is 10.6. The van der Waals surface area contributed by atoms with E-state index in [0.29, 0.717) is 5.69 Å². The van der Waals surface area contributed by atoms with Gasteiger partial charge in [0.2, 0.25) is 5.82 Å². The number of nitrogens with one attached hydrogen (secondary N) is 1. The SMILES string of the molecule is CCn1c(=O)c(-c2noc(C(=O)NCc3ccccc3)n2)nn(-c2ccc(C)cc2)c1=O. The van der Waals surface area contributed by atoms with Crippen molar-refractivity contribution < 1.29 is 9.32 Å². The maximum absolute atomic E-state index is 12.8. The molecule has 0 aliphatic carbocycles. The average molecular weight is 432 g/mol. The average Bonchev–Trinajstić information content (AvgIpc) is 3.30. The van der Waals surface area contributed by atoms with E-state index in [0.717, 1.165) is 20.4 Å². The van der Waals surface area contributed by atoms with Crippen molar-refractivity contribution in [2.45, 2.75) is 26.9 Å². The van der Waals surface area contributed by atoms with Crippen LogP contribution in [0.25, 0.3) is 17.2 Å². The Morgan fingerprint density at radius 2 is 1.78 bits per heavy atom. The summed E-state index contributed by atoms with van der Waals surface area (Å²) in [6.07, 6.45) is 0. The van der Waals surface area contributed by atoms with Crippen LogP contribution in [0.15, 0.2) is 68.7 Å². The quantitative estimate of drug-likeness (QED) is 0.492. The zero-order valence-corrected chi connectivity index (χ0v) is 17.5. The molecule has 0 saturated heterocycles. The Labute approximate surface area is 182 Å². The first-order valence-electron chi connectivity index (χ1n) is 9.95. The van der Waals surface area contributed by atoms with Crippen molar-refractivity contribution in [2.75, 3.05) is 0 Å². The Morgan fingerprint density at radius 1 is 1.06 bits per heavy atom. The molecule has 0 aliphatic rings. The highest BCUT2D eigenvalue weighted by molar-refractivity contribution is 5.89.